The zero-order valence-corrected chi connectivity index (χ0v) is 17.9. The van der Waals surface area contributed by atoms with Crippen molar-refractivity contribution in [3.63, 3.8) is 0 Å². The average Bonchev–Trinajstić information content (AvgIpc) is 3.38. The third-order valence-corrected chi connectivity index (χ3v) is 5.97. The third-order valence-electron chi connectivity index (χ3n) is 5.97. The number of nitriles is 1. The van der Waals surface area contributed by atoms with E-state index in [0.717, 1.165) is 28.1 Å². The number of hydrogen-bond acceptors (Lipinski definition) is 4. The Morgan fingerprint density at radius 3 is 2.30 bits per heavy atom. The summed E-state index contributed by atoms with van der Waals surface area (Å²) in [6, 6.07) is 28.2. The molecule has 0 bridgehead atoms. The summed E-state index contributed by atoms with van der Waals surface area (Å²) in [5.41, 5.74) is 5.15. The van der Waals surface area contributed by atoms with Crippen molar-refractivity contribution in [3.05, 3.63) is 102 Å². The number of fused-ring (bicyclic) bond motifs is 3. The lowest BCUT2D eigenvalue weighted by Crippen LogP contribution is -2.29. The number of nitrogens with one attached hydrogen (secondary N) is 1. The van der Waals surface area contributed by atoms with Crippen molar-refractivity contribution < 1.29 is 9.59 Å². The van der Waals surface area contributed by atoms with E-state index in [2.05, 4.69) is 10.4 Å². The van der Waals surface area contributed by atoms with Crippen LogP contribution in [0.4, 0.5) is 5.69 Å². The second kappa shape index (κ2) is 8.21. The van der Waals surface area contributed by atoms with Gasteiger partial charge in [0.15, 0.2) is 5.92 Å². The van der Waals surface area contributed by atoms with E-state index < -0.39 is 17.6 Å². The van der Waals surface area contributed by atoms with Crippen LogP contribution in [0.1, 0.15) is 34.5 Å². The predicted molar refractivity (Wildman–Crippen MR) is 125 cm³/mol. The molecule has 2 atom stereocenters. The Hall–Kier alpha value is -4.50. The lowest BCUT2D eigenvalue weighted by atomic mass is 9.93. The number of aromatic nitrogens is 2. The van der Waals surface area contributed by atoms with Crippen LogP contribution in [0.25, 0.3) is 16.9 Å². The first-order valence-electron chi connectivity index (χ1n) is 10.7. The van der Waals surface area contributed by atoms with Gasteiger partial charge in [-0.15, -0.1) is 0 Å². The van der Waals surface area contributed by atoms with Crippen LogP contribution in [-0.2, 0) is 4.79 Å². The van der Waals surface area contributed by atoms with Crippen LogP contribution < -0.4 is 5.32 Å². The van der Waals surface area contributed by atoms with E-state index in [1.807, 2.05) is 73.7 Å². The fraction of sp³-hybridized carbons (Fsp3) is 0.111. The van der Waals surface area contributed by atoms with E-state index in [9.17, 15) is 14.9 Å². The molecular formula is C27H20N4O2. The van der Waals surface area contributed by atoms with Crippen molar-refractivity contribution in [2.24, 2.45) is 5.92 Å². The monoisotopic (exact) mass is 432 g/mol. The van der Waals surface area contributed by atoms with Gasteiger partial charge in [-0.3, -0.25) is 9.59 Å². The summed E-state index contributed by atoms with van der Waals surface area (Å²) in [6.45, 7) is 2.02. The van der Waals surface area contributed by atoms with Gasteiger partial charge >= 0.3 is 0 Å². The average molecular weight is 432 g/mol. The van der Waals surface area contributed by atoms with Gasteiger partial charge in [-0.1, -0.05) is 67.6 Å². The Kier molecular flexibility index (Phi) is 5.08. The zero-order chi connectivity index (χ0) is 22.9. The van der Waals surface area contributed by atoms with Crippen molar-refractivity contribution in [1.29, 1.82) is 5.26 Å². The summed E-state index contributed by atoms with van der Waals surface area (Å²) in [4.78, 5) is 26.4. The third kappa shape index (κ3) is 3.40. The SMILES string of the molecule is CC1c2ccccc2-c2c1c(C(=O)C(C#N)C(=O)Nc1ccccc1)nn2-c1ccccc1. The standard InChI is InChI=1S/C27H20N4O2/c1-17-20-14-8-9-15-21(20)25-23(17)24(30-31(25)19-12-6-3-7-13-19)26(32)22(16-28)27(33)29-18-10-4-2-5-11-18/h2-15,17,22H,1H3,(H,29,33). The molecule has 0 spiro atoms. The van der Waals surface area contributed by atoms with Gasteiger partial charge in [0.1, 0.15) is 5.69 Å². The second-order valence-electron chi connectivity index (χ2n) is 7.95. The highest BCUT2D eigenvalue weighted by Gasteiger charge is 2.39. The molecule has 2 unspecified atom stereocenters. The van der Waals surface area contributed by atoms with Crippen LogP contribution in [-0.4, -0.2) is 21.5 Å². The van der Waals surface area contributed by atoms with E-state index in [1.54, 1.807) is 28.9 Å². The Morgan fingerprint density at radius 1 is 0.970 bits per heavy atom. The van der Waals surface area contributed by atoms with E-state index in [0.29, 0.717) is 5.69 Å². The molecule has 1 aliphatic rings. The van der Waals surface area contributed by atoms with E-state index in [4.69, 9.17) is 0 Å². The smallest absolute Gasteiger partial charge is 0.249 e. The number of amides is 1. The quantitative estimate of drug-likeness (QED) is 0.356. The number of rotatable bonds is 5. The number of benzene rings is 3. The van der Waals surface area contributed by atoms with Crippen molar-refractivity contribution in [3.8, 4) is 23.0 Å². The maximum atomic E-state index is 13.5. The first-order valence-corrected chi connectivity index (χ1v) is 10.7. The molecule has 6 heteroatoms. The molecule has 0 saturated heterocycles. The van der Waals surface area contributed by atoms with Gasteiger partial charge in [-0.2, -0.15) is 10.4 Å². The van der Waals surface area contributed by atoms with Crippen LogP contribution in [0.2, 0.25) is 0 Å². The Bertz CT molecular complexity index is 1400. The number of ketones is 1. The van der Waals surface area contributed by atoms with Gasteiger partial charge in [0, 0.05) is 22.7 Å². The minimum atomic E-state index is -1.51. The van der Waals surface area contributed by atoms with E-state index in [-0.39, 0.29) is 11.6 Å². The fourth-order valence-electron chi connectivity index (χ4n) is 4.39. The Labute approximate surface area is 191 Å². The Morgan fingerprint density at radius 2 is 1.61 bits per heavy atom. The normalized spacial score (nSPS) is 14.6. The predicted octanol–water partition coefficient (Wildman–Crippen LogP) is 4.97. The molecule has 4 aromatic rings. The molecule has 1 amide bonds. The van der Waals surface area contributed by atoms with Gasteiger partial charge in [0.05, 0.1) is 17.5 Å². The minimum absolute atomic E-state index is 0.0934. The van der Waals surface area contributed by atoms with Gasteiger partial charge < -0.3 is 5.32 Å². The highest BCUT2D eigenvalue weighted by Crippen LogP contribution is 2.47. The summed E-state index contributed by atoms with van der Waals surface area (Å²) in [5.74, 6) is -2.87. The molecule has 3 aromatic carbocycles. The van der Waals surface area contributed by atoms with Crippen molar-refractivity contribution in [2.45, 2.75) is 12.8 Å². The summed E-state index contributed by atoms with van der Waals surface area (Å²) >= 11 is 0. The Balaban J connectivity index is 1.60. The molecule has 0 radical (unpaired) electrons. The summed E-state index contributed by atoms with van der Waals surface area (Å²) in [5, 5.41) is 17.1. The van der Waals surface area contributed by atoms with Crippen molar-refractivity contribution >= 4 is 17.4 Å². The number of hydrogen-bond donors (Lipinski definition) is 1. The molecule has 6 nitrogen and oxygen atoms in total. The molecule has 1 aliphatic carbocycles. The molecule has 160 valence electrons. The van der Waals surface area contributed by atoms with E-state index >= 15 is 0 Å². The highest BCUT2D eigenvalue weighted by molar-refractivity contribution is 6.16. The lowest BCUT2D eigenvalue weighted by molar-refractivity contribution is -0.117. The van der Waals surface area contributed by atoms with Gasteiger partial charge in [-0.25, -0.2) is 4.68 Å². The lowest BCUT2D eigenvalue weighted by Gasteiger charge is -2.11. The van der Waals surface area contributed by atoms with Crippen molar-refractivity contribution in [1.82, 2.24) is 9.78 Å². The van der Waals surface area contributed by atoms with Crippen LogP contribution in [0.3, 0.4) is 0 Å². The first-order chi connectivity index (χ1) is 16.1. The maximum Gasteiger partial charge on any atom is 0.249 e. The number of Topliss-reactive ketones (excluding diaryl/α,β-unsaturated/α-hetero) is 1. The fourth-order valence-corrected chi connectivity index (χ4v) is 4.39. The summed E-state index contributed by atoms with van der Waals surface area (Å²) < 4.78 is 1.74. The van der Waals surface area contributed by atoms with E-state index in [1.165, 1.54) is 0 Å². The maximum absolute atomic E-state index is 13.5. The largest absolute Gasteiger partial charge is 0.325 e. The molecule has 1 aromatic heterocycles. The summed E-state index contributed by atoms with van der Waals surface area (Å²) in [7, 11) is 0. The molecular weight excluding hydrogens is 412 g/mol. The second-order valence-corrected chi connectivity index (χ2v) is 7.95. The van der Waals surface area contributed by atoms with Crippen LogP contribution in [0, 0.1) is 17.2 Å². The van der Waals surface area contributed by atoms with Crippen LogP contribution in [0.15, 0.2) is 84.9 Å². The number of carbonyl (C=O) groups excluding carboxylic acids is 2. The van der Waals surface area contributed by atoms with Gasteiger partial charge in [0.2, 0.25) is 11.7 Å². The summed E-state index contributed by atoms with van der Waals surface area (Å²) in [6.07, 6.45) is 0. The van der Waals surface area contributed by atoms with Crippen LogP contribution in [0.5, 0.6) is 0 Å². The molecule has 0 saturated carbocycles. The number of anilines is 1. The molecule has 1 N–H and O–H groups in total. The van der Waals surface area contributed by atoms with Crippen LogP contribution >= 0.6 is 0 Å². The molecule has 0 aliphatic heterocycles. The first kappa shape index (κ1) is 20.4. The number of nitrogens with zero attached hydrogens (tertiary/aromatic N) is 3. The molecule has 33 heavy (non-hydrogen) atoms. The minimum Gasteiger partial charge on any atom is -0.325 e. The zero-order valence-electron chi connectivity index (χ0n) is 17.9. The number of carbonyl (C=O) groups is 2. The topological polar surface area (TPSA) is 87.8 Å². The molecule has 0 fully saturated rings. The van der Waals surface area contributed by atoms with Gasteiger partial charge in [0.25, 0.3) is 0 Å². The van der Waals surface area contributed by atoms with Crippen molar-refractivity contribution in [2.75, 3.05) is 5.32 Å². The number of para-hydroxylation sites is 2. The molecule has 1 heterocycles. The van der Waals surface area contributed by atoms with Gasteiger partial charge in [-0.05, 0) is 29.8 Å². The molecule has 5 rings (SSSR count). The highest BCUT2D eigenvalue weighted by atomic mass is 16.2.